The molecule has 0 unspecified atom stereocenters. The van der Waals surface area contributed by atoms with E-state index in [4.69, 9.17) is 9.47 Å². The minimum absolute atomic E-state index is 0.125. The van der Waals surface area contributed by atoms with Crippen LogP contribution in [-0.4, -0.2) is 30.3 Å². The summed E-state index contributed by atoms with van der Waals surface area (Å²) in [5.74, 6) is -0.601. The molecule has 0 bridgehead atoms. The van der Waals surface area contributed by atoms with E-state index in [2.05, 4.69) is 58.1 Å². The number of benzene rings is 3. The highest BCUT2D eigenvalue weighted by Gasteiger charge is 2.13. The lowest BCUT2D eigenvalue weighted by Gasteiger charge is -2.15. The number of anilines is 1. The van der Waals surface area contributed by atoms with Crippen LogP contribution in [0.3, 0.4) is 0 Å². The third kappa shape index (κ3) is 9.57. The fraction of sp³-hybridized carbons (Fsp3) is 0.241. The van der Waals surface area contributed by atoms with Crippen LogP contribution in [0.25, 0.3) is 0 Å². The van der Waals surface area contributed by atoms with Crippen molar-refractivity contribution in [2.45, 2.75) is 39.5 Å². The van der Waals surface area contributed by atoms with Crippen molar-refractivity contribution in [3.05, 3.63) is 87.9 Å². The molecule has 0 aliphatic rings. The molecule has 3 N–H and O–H groups in total. The van der Waals surface area contributed by atoms with Crippen LogP contribution in [0.1, 0.15) is 54.1 Å². The van der Waals surface area contributed by atoms with Gasteiger partial charge >= 0.3 is 5.97 Å². The summed E-state index contributed by atoms with van der Waals surface area (Å²) in [6.45, 7) is 5.62. The average molecular weight is 596 g/mol. The van der Waals surface area contributed by atoms with Gasteiger partial charge in [-0.1, -0.05) is 41.9 Å². The molecule has 0 aromatic heterocycles. The molecule has 3 rings (SSSR count). The van der Waals surface area contributed by atoms with Crippen molar-refractivity contribution in [1.29, 1.82) is 0 Å². The van der Waals surface area contributed by atoms with Gasteiger partial charge in [0.25, 0.3) is 11.8 Å². The number of halogens is 1. The van der Waals surface area contributed by atoms with Gasteiger partial charge < -0.3 is 14.8 Å². The Kier molecular flexibility index (Phi) is 10.6. The standard InChI is InChI=1S/C29H30BrN3O6/c1-18(2)24-13-4-19(3)16-25(24)39-23-11-9-22(10-12-23)31-26(34)14-15-28(36)38-17-27(35)32-33-29(37)20-5-7-21(30)8-6-20/h4-13,16,18H,14-15,17H2,1-3H3,(H,31,34)(H,32,35)(H,33,37). The van der Waals surface area contributed by atoms with E-state index in [1.165, 1.54) is 0 Å². The Labute approximate surface area is 235 Å². The van der Waals surface area contributed by atoms with Gasteiger partial charge in [-0.15, -0.1) is 0 Å². The number of nitrogens with one attached hydrogen (secondary N) is 3. The second-order valence-electron chi connectivity index (χ2n) is 9.04. The van der Waals surface area contributed by atoms with Gasteiger partial charge in [-0.3, -0.25) is 30.0 Å². The molecule has 0 saturated heterocycles. The number of amides is 3. The van der Waals surface area contributed by atoms with Gasteiger partial charge in [-0.2, -0.15) is 0 Å². The average Bonchev–Trinajstić information content (AvgIpc) is 2.90. The zero-order chi connectivity index (χ0) is 28.4. The lowest BCUT2D eigenvalue weighted by atomic mass is 10.0. The first-order valence-corrected chi connectivity index (χ1v) is 13.1. The van der Waals surface area contributed by atoms with E-state index in [1.807, 2.05) is 13.0 Å². The maximum atomic E-state index is 12.2. The smallest absolute Gasteiger partial charge is 0.306 e. The summed E-state index contributed by atoms with van der Waals surface area (Å²) in [6, 6.07) is 19.6. The first-order chi connectivity index (χ1) is 18.6. The van der Waals surface area contributed by atoms with E-state index >= 15 is 0 Å². The van der Waals surface area contributed by atoms with Crippen LogP contribution in [0.15, 0.2) is 71.2 Å². The number of hydrogen-bond donors (Lipinski definition) is 3. The molecule has 0 aliphatic heterocycles. The molecule has 3 amide bonds. The molecule has 0 spiro atoms. The van der Waals surface area contributed by atoms with Gasteiger partial charge in [0.2, 0.25) is 5.91 Å². The second-order valence-corrected chi connectivity index (χ2v) is 9.96. The van der Waals surface area contributed by atoms with Crippen LogP contribution in [0, 0.1) is 6.92 Å². The summed E-state index contributed by atoms with van der Waals surface area (Å²) in [6.07, 6.45) is -0.336. The van der Waals surface area contributed by atoms with Crippen LogP contribution >= 0.6 is 15.9 Å². The first-order valence-electron chi connectivity index (χ1n) is 12.3. The molecule has 3 aromatic carbocycles. The highest BCUT2D eigenvalue weighted by atomic mass is 79.9. The Morgan fingerprint density at radius 1 is 0.846 bits per heavy atom. The fourth-order valence-electron chi connectivity index (χ4n) is 3.43. The predicted octanol–water partition coefficient (Wildman–Crippen LogP) is 5.40. The fourth-order valence-corrected chi connectivity index (χ4v) is 3.70. The van der Waals surface area contributed by atoms with Crippen LogP contribution in [-0.2, 0) is 19.1 Å². The van der Waals surface area contributed by atoms with Crippen LogP contribution in [0.2, 0.25) is 0 Å². The maximum absolute atomic E-state index is 12.2. The van der Waals surface area contributed by atoms with Gasteiger partial charge in [0, 0.05) is 22.1 Å². The van der Waals surface area contributed by atoms with Crippen LogP contribution < -0.4 is 20.9 Å². The third-order valence-corrected chi connectivity index (χ3v) is 6.03. The maximum Gasteiger partial charge on any atom is 0.306 e. The summed E-state index contributed by atoms with van der Waals surface area (Å²) in [5.41, 5.74) is 7.49. The molecule has 9 nitrogen and oxygen atoms in total. The highest BCUT2D eigenvalue weighted by Crippen LogP contribution is 2.32. The van der Waals surface area contributed by atoms with Gasteiger partial charge in [-0.25, -0.2) is 0 Å². The monoisotopic (exact) mass is 595 g/mol. The largest absolute Gasteiger partial charge is 0.457 e. The zero-order valence-electron chi connectivity index (χ0n) is 21.9. The highest BCUT2D eigenvalue weighted by molar-refractivity contribution is 9.10. The molecule has 0 saturated carbocycles. The van der Waals surface area contributed by atoms with Crippen molar-refractivity contribution in [3.8, 4) is 11.5 Å². The molecule has 0 heterocycles. The van der Waals surface area contributed by atoms with Crippen molar-refractivity contribution in [2.75, 3.05) is 11.9 Å². The minimum atomic E-state index is -0.720. The number of esters is 1. The number of rotatable bonds is 10. The van der Waals surface area contributed by atoms with E-state index < -0.39 is 24.4 Å². The van der Waals surface area contributed by atoms with Crippen molar-refractivity contribution in [1.82, 2.24) is 10.9 Å². The van der Waals surface area contributed by atoms with E-state index in [1.54, 1.807) is 48.5 Å². The van der Waals surface area contributed by atoms with Gasteiger partial charge in [-0.05, 0) is 78.6 Å². The molecule has 3 aromatic rings. The second kappa shape index (κ2) is 14.1. The Balaban J connectivity index is 1.37. The van der Waals surface area contributed by atoms with E-state index in [9.17, 15) is 19.2 Å². The Morgan fingerprint density at radius 3 is 2.21 bits per heavy atom. The van der Waals surface area contributed by atoms with E-state index in [0.29, 0.717) is 22.9 Å². The van der Waals surface area contributed by atoms with Gasteiger partial charge in [0.1, 0.15) is 11.5 Å². The first kappa shape index (κ1) is 29.4. The molecule has 0 aliphatic carbocycles. The molecule has 204 valence electrons. The lowest BCUT2D eigenvalue weighted by molar-refractivity contribution is -0.149. The van der Waals surface area contributed by atoms with Crippen molar-refractivity contribution >= 4 is 45.3 Å². The molecule has 0 fully saturated rings. The zero-order valence-corrected chi connectivity index (χ0v) is 23.5. The van der Waals surface area contributed by atoms with E-state index in [0.717, 1.165) is 21.3 Å². The van der Waals surface area contributed by atoms with Crippen LogP contribution in [0.5, 0.6) is 11.5 Å². The minimum Gasteiger partial charge on any atom is -0.457 e. The Bertz CT molecular complexity index is 1320. The topological polar surface area (TPSA) is 123 Å². The quantitative estimate of drug-likeness (QED) is 0.213. The van der Waals surface area contributed by atoms with E-state index in [-0.39, 0.29) is 18.7 Å². The Hall–Kier alpha value is -4.18. The summed E-state index contributed by atoms with van der Waals surface area (Å²) in [4.78, 5) is 48.0. The van der Waals surface area contributed by atoms with Gasteiger partial charge in [0.15, 0.2) is 6.61 Å². The Morgan fingerprint density at radius 2 is 1.54 bits per heavy atom. The van der Waals surface area contributed by atoms with Crippen LogP contribution in [0.4, 0.5) is 5.69 Å². The van der Waals surface area contributed by atoms with Crippen molar-refractivity contribution in [3.63, 3.8) is 0 Å². The number of hydrogen-bond acceptors (Lipinski definition) is 6. The summed E-state index contributed by atoms with van der Waals surface area (Å²) in [7, 11) is 0. The summed E-state index contributed by atoms with van der Waals surface area (Å²) < 4.78 is 11.7. The van der Waals surface area contributed by atoms with Gasteiger partial charge in [0.05, 0.1) is 6.42 Å². The number of aryl methyl sites for hydroxylation is 1. The molecule has 39 heavy (non-hydrogen) atoms. The lowest BCUT2D eigenvalue weighted by Crippen LogP contribution is -2.43. The van der Waals surface area contributed by atoms with Crippen molar-refractivity contribution < 1.29 is 28.7 Å². The number of carbonyl (C=O) groups is 4. The molecule has 0 radical (unpaired) electrons. The SMILES string of the molecule is Cc1ccc(C(C)C)c(Oc2ccc(NC(=O)CCC(=O)OCC(=O)NNC(=O)c3ccc(Br)cc3)cc2)c1. The number of carbonyl (C=O) groups excluding carboxylic acids is 4. The third-order valence-electron chi connectivity index (χ3n) is 5.50. The molecule has 0 atom stereocenters. The molecule has 10 heteroatoms. The summed E-state index contributed by atoms with van der Waals surface area (Å²) in [5, 5.41) is 2.71. The van der Waals surface area contributed by atoms with Crippen molar-refractivity contribution in [2.24, 2.45) is 0 Å². The normalized spacial score (nSPS) is 10.5. The summed E-state index contributed by atoms with van der Waals surface area (Å²) >= 11 is 3.27. The number of hydrazine groups is 1. The molecular weight excluding hydrogens is 566 g/mol. The predicted molar refractivity (Wildman–Crippen MR) is 150 cm³/mol. The molecular formula is C29H30BrN3O6. The number of ether oxygens (including phenoxy) is 2.